The molecule has 98 valence electrons. The fourth-order valence-corrected chi connectivity index (χ4v) is 4.03. The molecule has 0 spiro atoms. The molecule has 1 aliphatic heterocycles. The maximum atomic E-state index is 11.6. The van der Waals surface area contributed by atoms with Crippen molar-refractivity contribution in [2.75, 3.05) is 19.5 Å². The van der Waals surface area contributed by atoms with E-state index in [1.807, 2.05) is 11.8 Å². The summed E-state index contributed by atoms with van der Waals surface area (Å²) in [6, 6.07) is 0. The largest absolute Gasteiger partial charge is 0.468 e. The van der Waals surface area contributed by atoms with Gasteiger partial charge in [-0.3, -0.25) is 4.79 Å². The van der Waals surface area contributed by atoms with Gasteiger partial charge < -0.3 is 15.2 Å². The van der Waals surface area contributed by atoms with Crippen LogP contribution in [0.2, 0.25) is 0 Å². The van der Waals surface area contributed by atoms with Gasteiger partial charge in [0.2, 0.25) is 0 Å². The molecule has 2 N–H and O–H groups in total. The lowest BCUT2D eigenvalue weighted by Crippen LogP contribution is -2.46. The Morgan fingerprint density at radius 2 is 2.41 bits per heavy atom. The van der Waals surface area contributed by atoms with Crippen LogP contribution in [0.15, 0.2) is 0 Å². The first kappa shape index (κ1) is 13.2. The Morgan fingerprint density at radius 1 is 1.59 bits per heavy atom. The summed E-state index contributed by atoms with van der Waals surface area (Å²) in [6.07, 6.45) is 5.23. The van der Waals surface area contributed by atoms with E-state index in [0.717, 1.165) is 31.6 Å². The van der Waals surface area contributed by atoms with E-state index < -0.39 is 5.54 Å². The van der Waals surface area contributed by atoms with Crippen LogP contribution in [-0.4, -0.2) is 42.3 Å². The normalized spacial score (nSPS) is 37.3. The van der Waals surface area contributed by atoms with Crippen LogP contribution in [0.1, 0.15) is 32.1 Å². The molecule has 1 saturated carbocycles. The van der Waals surface area contributed by atoms with E-state index >= 15 is 0 Å². The van der Waals surface area contributed by atoms with Gasteiger partial charge >= 0.3 is 5.97 Å². The van der Waals surface area contributed by atoms with Crippen molar-refractivity contribution in [2.45, 2.75) is 49.0 Å². The Hall–Kier alpha value is -0.260. The number of rotatable bonds is 4. The average molecular weight is 259 g/mol. The fourth-order valence-electron chi connectivity index (χ4n) is 2.58. The highest BCUT2D eigenvalue weighted by Crippen LogP contribution is 2.37. The van der Waals surface area contributed by atoms with Gasteiger partial charge in [0.1, 0.15) is 5.54 Å². The maximum absolute atomic E-state index is 11.6. The Labute approximate surface area is 107 Å². The van der Waals surface area contributed by atoms with Crippen LogP contribution in [0.3, 0.4) is 0 Å². The summed E-state index contributed by atoms with van der Waals surface area (Å²) in [7, 11) is 1.41. The van der Waals surface area contributed by atoms with Crippen LogP contribution in [0.5, 0.6) is 0 Å². The number of esters is 1. The molecule has 17 heavy (non-hydrogen) atoms. The molecule has 0 aromatic heterocycles. The number of carbonyl (C=O) groups is 1. The van der Waals surface area contributed by atoms with Crippen molar-refractivity contribution in [3.63, 3.8) is 0 Å². The second-order valence-corrected chi connectivity index (χ2v) is 6.31. The number of carbonyl (C=O) groups excluding carboxylic acids is 1. The zero-order chi connectivity index (χ0) is 12.3. The van der Waals surface area contributed by atoms with Gasteiger partial charge in [-0.15, -0.1) is 0 Å². The van der Waals surface area contributed by atoms with Crippen molar-refractivity contribution in [3.8, 4) is 0 Å². The quantitative estimate of drug-likeness (QED) is 0.772. The predicted molar refractivity (Wildman–Crippen MR) is 68.0 cm³/mol. The maximum Gasteiger partial charge on any atom is 0.325 e. The molecule has 2 rings (SSSR count). The van der Waals surface area contributed by atoms with E-state index in [9.17, 15) is 4.79 Å². The molecule has 0 radical (unpaired) electrons. The SMILES string of the molecule is COC(=O)C1(N)CCC(SCC2CCCO2)C1. The highest BCUT2D eigenvalue weighted by atomic mass is 32.2. The van der Waals surface area contributed by atoms with Crippen LogP contribution in [-0.2, 0) is 14.3 Å². The summed E-state index contributed by atoms with van der Waals surface area (Å²) in [5.74, 6) is 0.764. The summed E-state index contributed by atoms with van der Waals surface area (Å²) in [6.45, 7) is 0.902. The number of ether oxygens (including phenoxy) is 2. The van der Waals surface area contributed by atoms with Crippen molar-refractivity contribution < 1.29 is 14.3 Å². The zero-order valence-corrected chi connectivity index (χ0v) is 11.1. The van der Waals surface area contributed by atoms with E-state index in [4.69, 9.17) is 15.2 Å². The molecule has 4 nitrogen and oxygen atoms in total. The van der Waals surface area contributed by atoms with Gasteiger partial charge in [-0.25, -0.2) is 0 Å². The summed E-state index contributed by atoms with van der Waals surface area (Å²) in [5.41, 5.74) is 5.32. The van der Waals surface area contributed by atoms with Crippen LogP contribution < -0.4 is 5.73 Å². The lowest BCUT2D eigenvalue weighted by molar-refractivity contribution is -0.146. The third-order valence-corrected chi connectivity index (χ3v) is 5.08. The second kappa shape index (κ2) is 5.59. The van der Waals surface area contributed by atoms with Gasteiger partial charge in [0, 0.05) is 17.6 Å². The number of hydrogen-bond acceptors (Lipinski definition) is 5. The molecule has 0 aromatic carbocycles. The molecular weight excluding hydrogens is 238 g/mol. The van der Waals surface area contributed by atoms with Crippen molar-refractivity contribution in [2.24, 2.45) is 5.73 Å². The lowest BCUT2D eigenvalue weighted by atomic mass is 10.00. The monoisotopic (exact) mass is 259 g/mol. The van der Waals surface area contributed by atoms with E-state index in [1.54, 1.807) is 0 Å². The number of thioether (sulfide) groups is 1. The van der Waals surface area contributed by atoms with Gasteiger partial charge in [-0.05, 0) is 32.1 Å². The van der Waals surface area contributed by atoms with Crippen molar-refractivity contribution >= 4 is 17.7 Å². The highest BCUT2D eigenvalue weighted by Gasteiger charge is 2.43. The fraction of sp³-hybridized carbons (Fsp3) is 0.917. The summed E-state index contributed by atoms with van der Waals surface area (Å²) in [5, 5.41) is 0.475. The van der Waals surface area contributed by atoms with E-state index in [-0.39, 0.29) is 5.97 Å². The van der Waals surface area contributed by atoms with Gasteiger partial charge in [-0.2, -0.15) is 11.8 Å². The minimum absolute atomic E-state index is 0.266. The summed E-state index contributed by atoms with van der Waals surface area (Å²) in [4.78, 5) is 11.6. The first-order chi connectivity index (χ1) is 8.14. The molecule has 0 amide bonds. The van der Waals surface area contributed by atoms with Crippen molar-refractivity contribution in [3.05, 3.63) is 0 Å². The Morgan fingerprint density at radius 3 is 3.06 bits per heavy atom. The minimum Gasteiger partial charge on any atom is -0.468 e. The molecule has 1 aliphatic carbocycles. The van der Waals surface area contributed by atoms with Gasteiger partial charge in [0.15, 0.2) is 0 Å². The zero-order valence-electron chi connectivity index (χ0n) is 10.3. The molecule has 1 heterocycles. The topological polar surface area (TPSA) is 61.5 Å². The van der Waals surface area contributed by atoms with Crippen LogP contribution in [0, 0.1) is 0 Å². The number of nitrogens with two attached hydrogens (primary N) is 1. The molecule has 2 aliphatic rings. The Balaban J connectivity index is 1.75. The van der Waals surface area contributed by atoms with Crippen molar-refractivity contribution in [1.29, 1.82) is 0 Å². The number of methoxy groups -OCH3 is 1. The van der Waals surface area contributed by atoms with Crippen LogP contribution in [0.4, 0.5) is 0 Å². The standard InChI is InChI=1S/C12H21NO3S/c1-15-11(14)12(13)5-4-10(7-12)17-8-9-3-2-6-16-9/h9-10H,2-8,13H2,1H3. The third kappa shape index (κ3) is 3.14. The molecular formula is C12H21NO3S. The van der Waals surface area contributed by atoms with E-state index in [1.165, 1.54) is 20.0 Å². The molecule has 5 heteroatoms. The molecule has 3 atom stereocenters. The summed E-state index contributed by atoms with van der Waals surface area (Å²) < 4.78 is 10.4. The van der Waals surface area contributed by atoms with Gasteiger partial charge in [-0.1, -0.05) is 0 Å². The molecule has 1 saturated heterocycles. The Bertz CT molecular complexity index is 281. The second-order valence-electron chi connectivity index (χ2n) is 4.98. The smallest absolute Gasteiger partial charge is 0.325 e. The third-order valence-electron chi connectivity index (χ3n) is 3.64. The van der Waals surface area contributed by atoms with E-state index in [2.05, 4.69) is 0 Å². The molecule has 0 bridgehead atoms. The number of hydrogen-bond donors (Lipinski definition) is 1. The van der Waals surface area contributed by atoms with Crippen molar-refractivity contribution in [1.82, 2.24) is 0 Å². The first-order valence-electron chi connectivity index (χ1n) is 6.24. The first-order valence-corrected chi connectivity index (χ1v) is 7.29. The highest BCUT2D eigenvalue weighted by molar-refractivity contribution is 7.99. The Kier molecular flexibility index (Phi) is 4.33. The van der Waals surface area contributed by atoms with Crippen LogP contribution >= 0.6 is 11.8 Å². The lowest BCUT2D eigenvalue weighted by Gasteiger charge is -2.20. The molecule has 0 aromatic rings. The van der Waals surface area contributed by atoms with Crippen LogP contribution in [0.25, 0.3) is 0 Å². The van der Waals surface area contributed by atoms with Gasteiger partial charge in [0.05, 0.1) is 13.2 Å². The van der Waals surface area contributed by atoms with E-state index in [0.29, 0.717) is 11.4 Å². The molecule has 3 unspecified atom stereocenters. The molecule has 2 fully saturated rings. The predicted octanol–water partition coefficient (Wildman–Crippen LogP) is 1.32. The average Bonchev–Trinajstić information content (AvgIpc) is 2.95. The van der Waals surface area contributed by atoms with Gasteiger partial charge in [0.25, 0.3) is 0 Å². The summed E-state index contributed by atoms with van der Waals surface area (Å²) >= 11 is 1.90. The minimum atomic E-state index is -0.747.